The first-order valence-electron chi connectivity index (χ1n) is 3.29. The average Bonchev–Trinajstić information content (AvgIpc) is 2.12. The molecule has 3 atom stereocenters. The molecular weight excluding hydrogens is 187 g/mol. The van der Waals surface area contributed by atoms with Crippen molar-refractivity contribution in [1.82, 2.24) is 0 Å². The third-order valence-corrected chi connectivity index (χ3v) is 1.34. The van der Waals surface area contributed by atoms with E-state index in [1.165, 1.54) is 0 Å². The van der Waals surface area contributed by atoms with Crippen molar-refractivity contribution < 1.29 is 35.1 Å². The predicted octanol–water partition coefficient (Wildman–Crippen LogP) is -3.22. The number of ketones is 1. The second-order valence-corrected chi connectivity index (χ2v) is 2.27. The summed E-state index contributed by atoms with van der Waals surface area (Å²) in [5.41, 5.74) is 0. The summed E-state index contributed by atoms with van der Waals surface area (Å²) in [5.74, 6) is -1.23. The van der Waals surface area contributed by atoms with Gasteiger partial charge < -0.3 is 25.9 Å². The van der Waals surface area contributed by atoms with Crippen LogP contribution < -0.4 is 0 Å². The Labute approximate surface area is 73.5 Å². The number of halogens is 1. The van der Waals surface area contributed by atoms with Crippen molar-refractivity contribution >= 4 is 5.78 Å². The second kappa shape index (κ2) is 6.87. The maximum atomic E-state index is 12.6. The molecule has 6 nitrogen and oxygen atoms in total. The van der Waals surface area contributed by atoms with E-state index in [2.05, 4.69) is 0 Å². The van der Waals surface area contributed by atoms with E-state index >= 15 is 0 Å². The van der Waals surface area contributed by atoms with Crippen LogP contribution in [-0.4, -0.2) is 63.3 Å². The number of rotatable bonds is 5. The maximum absolute atomic E-state index is 12.6. The zero-order valence-electron chi connectivity index (χ0n) is 6.72. The van der Waals surface area contributed by atoms with Crippen molar-refractivity contribution in [3.05, 3.63) is 0 Å². The van der Waals surface area contributed by atoms with Gasteiger partial charge in [0.2, 0.25) is 0 Å². The molecule has 7 heteroatoms. The number of alkyl halides is 1. The Morgan fingerprint density at radius 2 is 1.77 bits per heavy atom. The van der Waals surface area contributed by atoms with E-state index in [9.17, 15) is 9.18 Å². The van der Waals surface area contributed by atoms with Gasteiger partial charge in [-0.3, -0.25) is 4.79 Å². The molecule has 80 valence electrons. The molecule has 0 aromatic heterocycles. The minimum atomic E-state index is -2.36. The highest BCUT2D eigenvalue weighted by Gasteiger charge is 2.30. The van der Waals surface area contributed by atoms with Crippen LogP contribution in [-0.2, 0) is 4.79 Å². The quantitative estimate of drug-likeness (QED) is 0.371. The van der Waals surface area contributed by atoms with Gasteiger partial charge in [-0.1, -0.05) is 0 Å². The highest BCUT2D eigenvalue weighted by atomic mass is 19.1. The molecule has 0 spiro atoms. The lowest BCUT2D eigenvalue weighted by Crippen LogP contribution is -2.42. The molecule has 13 heavy (non-hydrogen) atoms. The maximum Gasteiger partial charge on any atom is 0.194 e. The van der Waals surface area contributed by atoms with E-state index < -0.39 is 37.4 Å². The van der Waals surface area contributed by atoms with Crippen LogP contribution in [0.25, 0.3) is 0 Å². The van der Waals surface area contributed by atoms with Gasteiger partial charge in [-0.2, -0.15) is 0 Å². The molecule has 0 rings (SSSR count). The average molecular weight is 200 g/mol. The summed E-state index contributed by atoms with van der Waals surface area (Å²) < 4.78 is 12.6. The van der Waals surface area contributed by atoms with Gasteiger partial charge in [0.05, 0.1) is 6.61 Å². The van der Waals surface area contributed by atoms with Crippen LogP contribution in [0.4, 0.5) is 4.39 Å². The summed E-state index contributed by atoms with van der Waals surface area (Å²) in [6.45, 7) is -1.89. The van der Waals surface area contributed by atoms with Crippen LogP contribution in [0.5, 0.6) is 0 Å². The summed E-state index contributed by atoms with van der Waals surface area (Å²) >= 11 is 0. The van der Waals surface area contributed by atoms with Crippen molar-refractivity contribution in [3.63, 3.8) is 0 Å². The van der Waals surface area contributed by atoms with Crippen LogP contribution in [0, 0.1) is 0 Å². The fraction of sp³-hybridized carbons (Fsp3) is 0.833. The molecule has 0 unspecified atom stereocenters. The first-order valence-corrected chi connectivity index (χ1v) is 3.29. The first-order chi connectivity index (χ1) is 5.54. The van der Waals surface area contributed by atoms with Crippen LogP contribution >= 0.6 is 0 Å². The molecule has 0 aliphatic heterocycles. The number of carbonyl (C=O) groups is 1. The van der Waals surface area contributed by atoms with Crippen molar-refractivity contribution in [3.8, 4) is 0 Å². The van der Waals surface area contributed by atoms with Crippen LogP contribution in [0.3, 0.4) is 0 Å². The Kier molecular flexibility index (Phi) is 7.87. The molecule has 0 saturated heterocycles. The lowest BCUT2D eigenvalue weighted by Gasteiger charge is -2.17. The Morgan fingerprint density at radius 1 is 1.31 bits per heavy atom. The largest absolute Gasteiger partial charge is 0.412 e. The van der Waals surface area contributed by atoms with Crippen LogP contribution in [0.2, 0.25) is 0 Å². The number of hydrogen-bond donors (Lipinski definition) is 4. The fourth-order valence-corrected chi connectivity index (χ4v) is 0.581. The van der Waals surface area contributed by atoms with Gasteiger partial charge in [-0.15, -0.1) is 0 Å². The molecule has 0 radical (unpaired) electrons. The van der Waals surface area contributed by atoms with Gasteiger partial charge in [-0.05, 0) is 0 Å². The van der Waals surface area contributed by atoms with Crippen molar-refractivity contribution in [2.75, 3.05) is 13.2 Å². The van der Waals surface area contributed by atoms with E-state index in [0.717, 1.165) is 0 Å². The minimum absolute atomic E-state index is 0. The predicted molar refractivity (Wildman–Crippen MR) is 39.7 cm³/mol. The zero-order valence-corrected chi connectivity index (χ0v) is 6.72. The Balaban J connectivity index is 0. The monoisotopic (exact) mass is 200 g/mol. The molecule has 0 fully saturated rings. The number of carbonyl (C=O) groups excluding carboxylic acids is 1. The molecule has 0 bridgehead atoms. The number of hydrogen-bond acceptors (Lipinski definition) is 5. The topological polar surface area (TPSA) is 129 Å². The molecule has 0 heterocycles. The molecule has 0 aliphatic rings. The minimum Gasteiger partial charge on any atom is -0.412 e. The summed E-state index contributed by atoms with van der Waals surface area (Å²) in [5, 5.41) is 33.9. The van der Waals surface area contributed by atoms with E-state index in [1.54, 1.807) is 0 Å². The molecular formula is C6H13FO6. The third kappa shape index (κ3) is 4.25. The first kappa shape index (κ1) is 14.9. The van der Waals surface area contributed by atoms with Crippen LogP contribution in [0.1, 0.15) is 0 Å². The van der Waals surface area contributed by atoms with Gasteiger partial charge in [-0.25, -0.2) is 4.39 Å². The van der Waals surface area contributed by atoms with Gasteiger partial charge in [0.25, 0.3) is 0 Å². The zero-order chi connectivity index (χ0) is 9.72. The van der Waals surface area contributed by atoms with Crippen molar-refractivity contribution in [2.24, 2.45) is 0 Å². The van der Waals surface area contributed by atoms with Crippen LogP contribution in [0.15, 0.2) is 0 Å². The summed E-state index contributed by atoms with van der Waals surface area (Å²) in [4.78, 5) is 10.4. The number of aliphatic hydroxyl groups excluding tert-OH is 4. The van der Waals surface area contributed by atoms with E-state index in [0.29, 0.717) is 0 Å². The Bertz CT molecular complexity index is 152. The number of Topliss-reactive ketones (excluding diaryl/α,β-unsaturated/α-hetero) is 1. The summed E-state index contributed by atoms with van der Waals surface area (Å²) in [6, 6.07) is 0. The van der Waals surface area contributed by atoms with E-state index in [4.69, 9.17) is 20.4 Å². The Hall–Kier alpha value is -0.600. The molecule has 0 aromatic rings. The van der Waals surface area contributed by atoms with Gasteiger partial charge in [0.15, 0.2) is 12.0 Å². The summed E-state index contributed by atoms with van der Waals surface area (Å²) in [7, 11) is 0. The van der Waals surface area contributed by atoms with Gasteiger partial charge in [0, 0.05) is 0 Å². The lowest BCUT2D eigenvalue weighted by molar-refractivity contribution is -0.135. The van der Waals surface area contributed by atoms with Gasteiger partial charge >= 0.3 is 0 Å². The van der Waals surface area contributed by atoms with Crippen molar-refractivity contribution in [1.29, 1.82) is 0 Å². The Morgan fingerprint density at radius 3 is 2.08 bits per heavy atom. The standard InChI is InChI=1S/C6H11FO5.H2O/c7-5(3(10)1-8)6(12)4(11)2-9;/h4-6,8-9,11-12H,1-2H2;1H2/t4-,5-,6-;/m1./s1. The molecule has 0 saturated carbocycles. The SMILES string of the molecule is O.O=C(CO)[C@@H](F)[C@H](O)[C@H](O)CO. The molecule has 6 N–H and O–H groups in total. The van der Waals surface area contributed by atoms with E-state index in [1.807, 2.05) is 0 Å². The van der Waals surface area contributed by atoms with Crippen molar-refractivity contribution in [2.45, 2.75) is 18.4 Å². The summed E-state index contributed by atoms with van der Waals surface area (Å²) in [6.07, 6.45) is -6.07. The highest BCUT2D eigenvalue weighted by molar-refractivity contribution is 5.84. The third-order valence-electron chi connectivity index (χ3n) is 1.34. The van der Waals surface area contributed by atoms with Gasteiger partial charge in [0.1, 0.15) is 18.8 Å². The number of aliphatic hydroxyl groups is 4. The smallest absolute Gasteiger partial charge is 0.194 e. The second-order valence-electron chi connectivity index (χ2n) is 2.27. The lowest BCUT2D eigenvalue weighted by atomic mass is 10.1. The molecule has 0 aliphatic carbocycles. The molecule has 0 aromatic carbocycles. The highest BCUT2D eigenvalue weighted by Crippen LogP contribution is 2.05. The molecule has 0 amide bonds. The van der Waals surface area contributed by atoms with E-state index in [-0.39, 0.29) is 5.48 Å². The normalized spacial score (nSPS) is 17.0. The fourth-order valence-electron chi connectivity index (χ4n) is 0.581.